The van der Waals surface area contributed by atoms with Gasteiger partial charge in [-0.05, 0) is 66.2 Å². The van der Waals surface area contributed by atoms with Crippen LogP contribution in [0, 0.1) is 0 Å². The molecule has 1 aromatic heterocycles. The minimum atomic E-state index is -4.01. The van der Waals surface area contributed by atoms with Crippen molar-refractivity contribution in [3.05, 3.63) is 76.5 Å². The SMILES string of the molecule is COc1ccc(S(=O)(=O)Oc2cccc(CN(C[C@H]3CCCO3)C(=O)c3cccs3)c2)cc1. The van der Waals surface area contributed by atoms with Crippen molar-refractivity contribution in [1.82, 2.24) is 4.90 Å². The number of hydrogen-bond donors (Lipinski definition) is 0. The molecule has 0 aliphatic carbocycles. The predicted octanol–water partition coefficient (Wildman–Crippen LogP) is 4.35. The average Bonchev–Trinajstić information content (AvgIpc) is 3.53. The summed E-state index contributed by atoms with van der Waals surface area (Å²) in [6, 6.07) is 16.4. The van der Waals surface area contributed by atoms with E-state index in [4.69, 9.17) is 13.7 Å². The van der Waals surface area contributed by atoms with Crippen LogP contribution in [0.1, 0.15) is 28.1 Å². The molecule has 2 heterocycles. The third kappa shape index (κ3) is 5.93. The molecular weight excluding hydrogens is 462 g/mol. The van der Waals surface area contributed by atoms with E-state index in [1.54, 1.807) is 41.3 Å². The van der Waals surface area contributed by atoms with Crippen LogP contribution in [0.2, 0.25) is 0 Å². The first-order valence-corrected chi connectivity index (χ1v) is 12.9. The van der Waals surface area contributed by atoms with Crippen molar-refractivity contribution in [3.8, 4) is 11.5 Å². The van der Waals surface area contributed by atoms with Crippen LogP contribution in [-0.4, -0.2) is 45.6 Å². The van der Waals surface area contributed by atoms with Gasteiger partial charge in [-0.1, -0.05) is 18.2 Å². The van der Waals surface area contributed by atoms with E-state index in [9.17, 15) is 13.2 Å². The monoisotopic (exact) mass is 487 g/mol. The lowest BCUT2D eigenvalue weighted by molar-refractivity contribution is 0.0511. The van der Waals surface area contributed by atoms with Crippen LogP contribution in [0.15, 0.2) is 70.9 Å². The molecule has 7 nitrogen and oxygen atoms in total. The molecule has 0 radical (unpaired) electrons. The van der Waals surface area contributed by atoms with Crippen LogP contribution >= 0.6 is 11.3 Å². The van der Waals surface area contributed by atoms with Gasteiger partial charge in [0.15, 0.2) is 0 Å². The number of thiophene rings is 1. The van der Waals surface area contributed by atoms with E-state index in [1.807, 2.05) is 17.5 Å². The molecule has 33 heavy (non-hydrogen) atoms. The Morgan fingerprint density at radius 2 is 1.94 bits per heavy atom. The molecule has 1 fully saturated rings. The molecular formula is C24H25NO6S2. The summed E-state index contributed by atoms with van der Waals surface area (Å²) in [6.45, 7) is 1.50. The molecule has 4 rings (SSSR count). The Morgan fingerprint density at radius 3 is 2.61 bits per heavy atom. The highest BCUT2D eigenvalue weighted by Crippen LogP contribution is 2.24. The summed E-state index contributed by atoms with van der Waals surface area (Å²) < 4.78 is 41.5. The van der Waals surface area contributed by atoms with Crippen LogP contribution < -0.4 is 8.92 Å². The molecule has 0 saturated carbocycles. The fourth-order valence-corrected chi connectivity index (χ4v) is 5.26. The van der Waals surface area contributed by atoms with Crippen LogP contribution in [0.3, 0.4) is 0 Å². The van der Waals surface area contributed by atoms with Crippen molar-refractivity contribution in [2.24, 2.45) is 0 Å². The van der Waals surface area contributed by atoms with Gasteiger partial charge in [0.1, 0.15) is 16.4 Å². The van der Waals surface area contributed by atoms with Crippen LogP contribution in [0.5, 0.6) is 11.5 Å². The van der Waals surface area contributed by atoms with E-state index in [2.05, 4.69) is 0 Å². The lowest BCUT2D eigenvalue weighted by Gasteiger charge is -2.25. The number of benzene rings is 2. The predicted molar refractivity (Wildman–Crippen MR) is 125 cm³/mol. The zero-order chi connectivity index (χ0) is 23.3. The van der Waals surface area contributed by atoms with Gasteiger partial charge in [-0.15, -0.1) is 11.3 Å². The third-order valence-electron chi connectivity index (χ3n) is 5.29. The normalized spacial score (nSPS) is 15.8. The summed E-state index contributed by atoms with van der Waals surface area (Å²) in [4.78, 5) is 15.5. The van der Waals surface area contributed by atoms with Crippen molar-refractivity contribution in [2.45, 2.75) is 30.4 Å². The van der Waals surface area contributed by atoms with E-state index < -0.39 is 10.1 Å². The molecule has 1 saturated heterocycles. The van der Waals surface area contributed by atoms with Gasteiger partial charge >= 0.3 is 10.1 Å². The summed E-state index contributed by atoms with van der Waals surface area (Å²) in [5.41, 5.74) is 0.764. The van der Waals surface area contributed by atoms with Crippen molar-refractivity contribution in [2.75, 3.05) is 20.3 Å². The molecule has 1 atom stereocenters. The van der Waals surface area contributed by atoms with E-state index in [0.717, 1.165) is 18.4 Å². The number of carbonyl (C=O) groups excluding carboxylic acids is 1. The largest absolute Gasteiger partial charge is 0.497 e. The molecule has 3 aromatic rings. The van der Waals surface area contributed by atoms with Gasteiger partial charge in [0.05, 0.1) is 18.1 Å². The second-order valence-electron chi connectivity index (χ2n) is 7.66. The molecule has 9 heteroatoms. The number of carbonyl (C=O) groups is 1. The van der Waals surface area contributed by atoms with Gasteiger partial charge < -0.3 is 18.6 Å². The Bertz CT molecular complexity index is 1170. The molecule has 0 spiro atoms. The number of ether oxygens (including phenoxy) is 2. The molecule has 0 N–H and O–H groups in total. The second-order valence-corrected chi connectivity index (χ2v) is 10.2. The van der Waals surface area contributed by atoms with Crippen molar-refractivity contribution in [3.63, 3.8) is 0 Å². The number of hydrogen-bond acceptors (Lipinski definition) is 7. The fraction of sp³-hybridized carbons (Fsp3) is 0.292. The highest BCUT2D eigenvalue weighted by Gasteiger charge is 2.24. The van der Waals surface area contributed by atoms with Crippen LogP contribution in [0.4, 0.5) is 0 Å². The van der Waals surface area contributed by atoms with Gasteiger partial charge in [-0.2, -0.15) is 8.42 Å². The molecule has 174 valence electrons. The first-order valence-electron chi connectivity index (χ1n) is 10.6. The minimum absolute atomic E-state index is 0.00351. The number of amides is 1. The van der Waals surface area contributed by atoms with E-state index in [0.29, 0.717) is 30.3 Å². The Balaban J connectivity index is 1.51. The van der Waals surface area contributed by atoms with Crippen molar-refractivity contribution >= 4 is 27.4 Å². The number of nitrogens with zero attached hydrogens (tertiary/aromatic N) is 1. The quantitative estimate of drug-likeness (QED) is 0.418. The zero-order valence-electron chi connectivity index (χ0n) is 18.2. The number of rotatable bonds is 9. The van der Waals surface area contributed by atoms with E-state index in [1.165, 1.54) is 30.6 Å². The molecule has 1 aliphatic heterocycles. The molecule has 1 aliphatic rings. The third-order valence-corrected chi connectivity index (χ3v) is 7.41. The second kappa shape index (κ2) is 10.4. The summed E-state index contributed by atoms with van der Waals surface area (Å²) in [6.07, 6.45) is 1.90. The number of methoxy groups -OCH3 is 1. The van der Waals surface area contributed by atoms with Gasteiger partial charge in [0, 0.05) is 19.7 Å². The minimum Gasteiger partial charge on any atom is -0.497 e. The average molecular weight is 488 g/mol. The van der Waals surface area contributed by atoms with Gasteiger partial charge in [-0.3, -0.25) is 4.79 Å². The molecule has 1 amide bonds. The Hall–Kier alpha value is -2.88. The van der Waals surface area contributed by atoms with E-state index in [-0.39, 0.29) is 22.7 Å². The summed E-state index contributed by atoms with van der Waals surface area (Å²) in [5.74, 6) is 0.666. The molecule has 0 bridgehead atoms. The first-order chi connectivity index (χ1) is 15.9. The van der Waals surface area contributed by atoms with Crippen LogP contribution in [-0.2, 0) is 21.4 Å². The van der Waals surface area contributed by atoms with Gasteiger partial charge in [-0.25, -0.2) is 0 Å². The highest BCUT2D eigenvalue weighted by atomic mass is 32.2. The van der Waals surface area contributed by atoms with Gasteiger partial charge in [0.2, 0.25) is 0 Å². The standard InChI is InChI=1S/C24H25NO6S2/c1-29-19-9-11-22(12-10-19)33(27,28)31-20-6-2-5-18(15-20)16-25(17-21-7-3-13-30-21)24(26)23-8-4-14-32-23/h2,4-6,8-12,14-15,21H,3,7,13,16-17H2,1H3/t21-/m1/s1. The maximum atomic E-state index is 13.1. The summed E-state index contributed by atoms with van der Waals surface area (Å²) in [7, 11) is -2.50. The Labute approximate surface area is 197 Å². The Kier molecular flexibility index (Phi) is 7.32. The van der Waals surface area contributed by atoms with Crippen molar-refractivity contribution < 1.29 is 26.9 Å². The Morgan fingerprint density at radius 1 is 1.12 bits per heavy atom. The fourth-order valence-electron chi connectivity index (χ4n) is 3.64. The smallest absolute Gasteiger partial charge is 0.339 e. The van der Waals surface area contributed by atoms with Crippen molar-refractivity contribution in [1.29, 1.82) is 0 Å². The zero-order valence-corrected chi connectivity index (χ0v) is 19.8. The van der Waals surface area contributed by atoms with Crippen LogP contribution in [0.25, 0.3) is 0 Å². The highest BCUT2D eigenvalue weighted by molar-refractivity contribution is 7.87. The molecule has 0 unspecified atom stereocenters. The molecule has 2 aromatic carbocycles. The topological polar surface area (TPSA) is 82.1 Å². The van der Waals surface area contributed by atoms with E-state index >= 15 is 0 Å². The first kappa shape index (κ1) is 23.3. The lowest BCUT2D eigenvalue weighted by atomic mass is 10.1. The lowest BCUT2D eigenvalue weighted by Crippen LogP contribution is -2.36. The van der Waals surface area contributed by atoms with Gasteiger partial charge in [0.25, 0.3) is 5.91 Å². The summed E-state index contributed by atoms with van der Waals surface area (Å²) in [5, 5.41) is 1.87. The maximum absolute atomic E-state index is 13.1. The maximum Gasteiger partial charge on any atom is 0.339 e. The summed E-state index contributed by atoms with van der Waals surface area (Å²) >= 11 is 1.39.